The number of nitrogen functional groups attached to an aromatic ring is 1. The number of piperazine rings is 1. The van der Waals surface area contributed by atoms with E-state index in [-0.39, 0.29) is 0 Å². The average Bonchev–Trinajstić information content (AvgIpc) is 3.02. The van der Waals surface area contributed by atoms with Crippen LogP contribution in [0.3, 0.4) is 0 Å². The predicted molar refractivity (Wildman–Crippen MR) is 79.5 cm³/mol. The topological polar surface area (TPSA) is 80.4 Å². The lowest BCUT2D eigenvalue weighted by Gasteiger charge is -2.35. The fourth-order valence-corrected chi connectivity index (χ4v) is 2.96. The van der Waals surface area contributed by atoms with Crippen molar-refractivity contribution in [3.05, 3.63) is 17.9 Å². The van der Waals surface area contributed by atoms with E-state index >= 15 is 0 Å². The molecule has 2 aromatic heterocycles. The van der Waals surface area contributed by atoms with Gasteiger partial charge in [0, 0.05) is 37.8 Å². The van der Waals surface area contributed by atoms with Crippen molar-refractivity contribution in [2.45, 2.75) is 0 Å². The summed E-state index contributed by atoms with van der Waals surface area (Å²) in [6.07, 6.45) is 3.32. The molecule has 8 heteroatoms. The Bertz CT molecular complexity index is 567. The molecule has 0 bridgehead atoms. The number of rotatable bonds is 3. The van der Waals surface area contributed by atoms with Crippen LogP contribution in [-0.4, -0.2) is 48.2 Å². The zero-order valence-electron chi connectivity index (χ0n) is 11.2. The highest BCUT2D eigenvalue weighted by Gasteiger charge is 2.22. The van der Waals surface area contributed by atoms with Crippen LogP contribution in [0.2, 0.25) is 0 Å². The summed E-state index contributed by atoms with van der Waals surface area (Å²) >= 11 is 1.66. The minimum Gasteiger partial charge on any atom is -0.479 e. The number of aromatic nitrogens is 3. The van der Waals surface area contributed by atoms with Crippen LogP contribution in [0.5, 0.6) is 5.88 Å². The summed E-state index contributed by atoms with van der Waals surface area (Å²) < 4.78 is 5.13. The standard InChI is InChI=1S/C12H16N6OS/c1-19-11-9(13)10(15-8-16-11)17-3-5-18(6-4-17)12-14-2-7-20-12/h2,7-8H,3-6,13H2,1H3. The highest BCUT2D eigenvalue weighted by Crippen LogP contribution is 2.29. The fourth-order valence-electron chi connectivity index (χ4n) is 2.27. The van der Waals surface area contributed by atoms with Gasteiger partial charge in [-0.05, 0) is 0 Å². The first kappa shape index (κ1) is 12.9. The fraction of sp³-hybridized carbons (Fsp3) is 0.417. The van der Waals surface area contributed by atoms with Gasteiger partial charge in [-0.3, -0.25) is 0 Å². The van der Waals surface area contributed by atoms with E-state index in [4.69, 9.17) is 10.5 Å². The Hall–Kier alpha value is -2.09. The molecule has 20 heavy (non-hydrogen) atoms. The van der Waals surface area contributed by atoms with E-state index in [1.54, 1.807) is 18.4 Å². The van der Waals surface area contributed by atoms with Crippen molar-refractivity contribution in [1.29, 1.82) is 0 Å². The summed E-state index contributed by atoms with van der Waals surface area (Å²) in [5.41, 5.74) is 6.54. The summed E-state index contributed by atoms with van der Waals surface area (Å²) in [7, 11) is 1.56. The molecule has 2 aromatic rings. The van der Waals surface area contributed by atoms with E-state index < -0.39 is 0 Å². The molecule has 0 unspecified atom stereocenters. The smallest absolute Gasteiger partial charge is 0.242 e. The van der Waals surface area contributed by atoms with Crippen LogP contribution >= 0.6 is 11.3 Å². The molecule has 1 saturated heterocycles. The number of nitrogens with zero attached hydrogens (tertiary/aromatic N) is 5. The number of methoxy groups -OCH3 is 1. The molecule has 3 heterocycles. The van der Waals surface area contributed by atoms with E-state index in [9.17, 15) is 0 Å². The number of anilines is 3. The number of nitrogens with two attached hydrogens (primary N) is 1. The summed E-state index contributed by atoms with van der Waals surface area (Å²) in [6, 6.07) is 0. The van der Waals surface area contributed by atoms with Crippen molar-refractivity contribution in [3.8, 4) is 5.88 Å². The molecule has 1 fully saturated rings. The first-order valence-corrected chi connectivity index (χ1v) is 7.21. The van der Waals surface area contributed by atoms with Crippen molar-refractivity contribution < 1.29 is 4.74 Å². The molecule has 0 saturated carbocycles. The lowest BCUT2D eigenvalue weighted by atomic mass is 10.3. The van der Waals surface area contributed by atoms with Crippen LogP contribution in [0.4, 0.5) is 16.6 Å². The van der Waals surface area contributed by atoms with Crippen molar-refractivity contribution in [3.63, 3.8) is 0 Å². The Balaban J connectivity index is 1.72. The van der Waals surface area contributed by atoms with Gasteiger partial charge in [-0.1, -0.05) is 0 Å². The second-order valence-corrected chi connectivity index (χ2v) is 5.28. The maximum absolute atomic E-state index is 6.04. The van der Waals surface area contributed by atoms with Crippen molar-refractivity contribution in [2.24, 2.45) is 0 Å². The van der Waals surface area contributed by atoms with Gasteiger partial charge in [0.05, 0.1) is 7.11 Å². The molecule has 106 valence electrons. The SMILES string of the molecule is COc1ncnc(N2CCN(c3nccs3)CC2)c1N. The van der Waals surface area contributed by atoms with Gasteiger partial charge in [0.15, 0.2) is 10.9 Å². The first-order valence-electron chi connectivity index (χ1n) is 6.33. The molecule has 0 aromatic carbocycles. The first-order chi connectivity index (χ1) is 9.79. The van der Waals surface area contributed by atoms with Gasteiger partial charge in [-0.25, -0.2) is 9.97 Å². The van der Waals surface area contributed by atoms with Gasteiger partial charge < -0.3 is 20.3 Å². The Morgan fingerprint density at radius 1 is 1.15 bits per heavy atom. The van der Waals surface area contributed by atoms with E-state index in [1.807, 2.05) is 11.6 Å². The molecular formula is C12H16N6OS. The third-order valence-electron chi connectivity index (χ3n) is 3.29. The van der Waals surface area contributed by atoms with Crippen molar-refractivity contribution in [1.82, 2.24) is 15.0 Å². The highest BCUT2D eigenvalue weighted by molar-refractivity contribution is 7.13. The molecule has 0 atom stereocenters. The van der Waals surface area contributed by atoms with Crippen LogP contribution in [0.25, 0.3) is 0 Å². The lowest BCUT2D eigenvalue weighted by Crippen LogP contribution is -2.47. The molecule has 0 spiro atoms. The second kappa shape index (κ2) is 5.49. The summed E-state index contributed by atoms with van der Waals surface area (Å²) in [6.45, 7) is 3.51. The molecule has 0 amide bonds. The molecule has 1 aliphatic rings. The van der Waals surface area contributed by atoms with Gasteiger partial charge in [-0.15, -0.1) is 11.3 Å². The van der Waals surface area contributed by atoms with E-state index in [0.29, 0.717) is 11.6 Å². The van der Waals surface area contributed by atoms with E-state index in [0.717, 1.165) is 37.1 Å². The molecule has 3 rings (SSSR count). The monoisotopic (exact) mass is 292 g/mol. The highest BCUT2D eigenvalue weighted by atomic mass is 32.1. The summed E-state index contributed by atoms with van der Waals surface area (Å²) in [5.74, 6) is 1.17. The minimum absolute atomic E-state index is 0.428. The molecule has 0 radical (unpaired) electrons. The van der Waals surface area contributed by atoms with Crippen molar-refractivity contribution >= 4 is 28.0 Å². The zero-order valence-corrected chi connectivity index (χ0v) is 12.0. The third-order valence-corrected chi connectivity index (χ3v) is 4.12. The third kappa shape index (κ3) is 2.34. The van der Waals surface area contributed by atoms with Crippen LogP contribution in [0.1, 0.15) is 0 Å². The number of thiazole rings is 1. The van der Waals surface area contributed by atoms with E-state index in [1.165, 1.54) is 6.33 Å². The Morgan fingerprint density at radius 3 is 2.55 bits per heavy atom. The van der Waals surface area contributed by atoms with E-state index in [2.05, 4.69) is 24.8 Å². The van der Waals surface area contributed by atoms with Gasteiger partial charge in [0.2, 0.25) is 5.88 Å². The largest absolute Gasteiger partial charge is 0.479 e. The minimum atomic E-state index is 0.428. The lowest BCUT2D eigenvalue weighted by molar-refractivity contribution is 0.399. The molecule has 2 N–H and O–H groups in total. The van der Waals surface area contributed by atoms with Crippen LogP contribution in [-0.2, 0) is 0 Å². The predicted octanol–water partition coefficient (Wildman–Crippen LogP) is 0.850. The quantitative estimate of drug-likeness (QED) is 0.898. The van der Waals surface area contributed by atoms with Crippen LogP contribution < -0.4 is 20.3 Å². The Labute approximate surface area is 121 Å². The molecule has 0 aliphatic carbocycles. The maximum Gasteiger partial charge on any atom is 0.242 e. The average molecular weight is 292 g/mol. The number of hydrogen-bond donors (Lipinski definition) is 1. The normalized spacial score (nSPS) is 15.4. The second-order valence-electron chi connectivity index (χ2n) is 4.41. The Kier molecular flexibility index (Phi) is 3.55. The van der Waals surface area contributed by atoms with Gasteiger partial charge in [0.25, 0.3) is 0 Å². The summed E-state index contributed by atoms with van der Waals surface area (Å²) in [5, 5.41) is 3.06. The zero-order chi connectivity index (χ0) is 13.9. The number of hydrogen-bond acceptors (Lipinski definition) is 8. The molecule has 7 nitrogen and oxygen atoms in total. The van der Waals surface area contributed by atoms with Gasteiger partial charge >= 0.3 is 0 Å². The Morgan fingerprint density at radius 2 is 1.90 bits per heavy atom. The van der Waals surface area contributed by atoms with Gasteiger partial charge in [-0.2, -0.15) is 4.98 Å². The summed E-state index contributed by atoms with van der Waals surface area (Å²) in [4.78, 5) is 17.0. The van der Waals surface area contributed by atoms with Gasteiger partial charge in [0.1, 0.15) is 12.0 Å². The van der Waals surface area contributed by atoms with Crippen LogP contribution in [0, 0.1) is 0 Å². The van der Waals surface area contributed by atoms with Crippen molar-refractivity contribution in [2.75, 3.05) is 48.8 Å². The maximum atomic E-state index is 6.04. The number of ether oxygens (including phenoxy) is 1. The molecule has 1 aliphatic heterocycles. The molecular weight excluding hydrogens is 276 g/mol. The van der Waals surface area contributed by atoms with Crippen LogP contribution in [0.15, 0.2) is 17.9 Å².